The third-order valence-electron chi connectivity index (χ3n) is 8.06. The number of nitrogens with zero attached hydrogens (tertiary/aromatic N) is 1. The van der Waals surface area contributed by atoms with E-state index in [0.717, 1.165) is 12.8 Å². The summed E-state index contributed by atoms with van der Waals surface area (Å²) in [4.78, 5) is 66.4. The van der Waals surface area contributed by atoms with E-state index in [-0.39, 0.29) is 37.3 Å². The third kappa shape index (κ3) is 8.24. The van der Waals surface area contributed by atoms with Gasteiger partial charge in [-0.15, -0.1) is 13.2 Å². The number of ketones is 1. The van der Waals surface area contributed by atoms with Crippen molar-refractivity contribution in [2.45, 2.75) is 83.5 Å². The largest absolute Gasteiger partial charge is 0.523 e. The maximum absolute atomic E-state index is 13.8. The van der Waals surface area contributed by atoms with Crippen molar-refractivity contribution in [3.8, 4) is 0 Å². The van der Waals surface area contributed by atoms with Gasteiger partial charge in [-0.05, 0) is 62.5 Å². The molecule has 2 aliphatic heterocycles. The monoisotopic (exact) mass is 610 g/mol. The zero-order valence-corrected chi connectivity index (χ0v) is 24.2. The zero-order valence-electron chi connectivity index (χ0n) is 24.2. The molecule has 0 radical (unpaired) electrons. The van der Waals surface area contributed by atoms with Gasteiger partial charge in [0.25, 0.3) is 5.91 Å². The van der Waals surface area contributed by atoms with Crippen LogP contribution < -0.4 is 16.0 Å². The summed E-state index contributed by atoms with van der Waals surface area (Å²) in [6, 6.07) is 6.06. The lowest BCUT2D eigenvalue weighted by molar-refractivity contribution is -0.341. The summed E-state index contributed by atoms with van der Waals surface area (Å²) in [5.74, 6) is -4.54. The third-order valence-corrected chi connectivity index (χ3v) is 8.06. The van der Waals surface area contributed by atoms with E-state index < -0.39 is 66.2 Å². The Kier molecular flexibility index (Phi) is 9.67. The molecule has 2 heterocycles. The molecule has 5 atom stereocenters. The van der Waals surface area contributed by atoms with Crippen molar-refractivity contribution in [3.63, 3.8) is 0 Å². The highest BCUT2D eigenvalue weighted by Crippen LogP contribution is 2.55. The fraction of sp³-hybridized carbons (Fsp3) is 0.621. The normalized spacial score (nSPS) is 23.0. The quantitative estimate of drug-likeness (QED) is 0.349. The molecule has 3 N–H and O–H groups in total. The Balaban J connectivity index is 1.47. The van der Waals surface area contributed by atoms with Crippen LogP contribution in [0.3, 0.4) is 0 Å². The molecule has 4 amide bonds. The minimum Gasteiger partial charge on any atom is -0.436 e. The number of alkyl halides is 3. The Morgan fingerprint density at radius 1 is 1.12 bits per heavy atom. The van der Waals surface area contributed by atoms with E-state index in [0.29, 0.717) is 12.1 Å². The number of halogens is 3. The number of carbonyl (C=O) groups is 5. The smallest absolute Gasteiger partial charge is 0.436 e. The molecule has 1 aromatic carbocycles. The maximum Gasteiger partial charge on any atom is 0.523 e. The number of benzene rings is 1. The lowest BCUT2D eigenvalue weighted by Gasteiger charge is -2.30. The fourth-order valence-corrected chi connectivity index (χ4v) is 5.68. The van der Waals surface area contributed by atoms with Crippen LogP contribution in [0.25, 0.3) is 0 Å². The van der Waals surface area contributed by atoms with Crippen LogP contribution in [0.2, 0.25) is 0 Å². The summed E-state index contributed by atoms with van der Waals surface area (Å²) in [5, 5.41) is 7.41. The highest BCUT2D eigenvalue weighted by atomic mass is 19.4. The van der Waals surface area contributed by atoms with Gasteiger partial charge in [-0.2, -0.15) is 0 Å². The summed E-state index contributed by atoms with van der Waals surface area (Å²) in [6.07, 6.45) is -7.35. The number of hydrogen-bond acceptors (Lipinski definition) is 7. The van der Waals surface area contributed by atoms with Gasteiger partial charge in [0.15, 0.2) is 11.9 Å². The van der Waals surface area contributed by atoms with E-state index in [1.54, 1.807) is 30.3 Å². The first-order valence-corrected chi connectivity index (χ1v) is 14.4. The Hall–Kier alpha value is -3.68. The van der Waals surface area contributed by atoms with Crippen LogP contribution in [-0.4, -0.2) is 78.2 Å². The lowest BCUT2D eigenvalue weighted by Crippen LogP contribution is -2.55. The summed E-state index contributed by atoms with van der Waals surface area (Å²) < 4.78 is 49.0. The second-order valence-electron chi connectivity index (χ2n) is 12.0. The molecular weight excluding hydrogens is 573 g/mol. The summed E-state index contributed by atoms with van der Waals surface area (Å²) in [5.41, 5.74) is 0.184. The summed E-state index contributed by atoms with van der Waals surface area (Å²) >= 11 is 0. The number of rotatable bonds is 11. The van der Waals surface area contributed by atoms with Gasteiger partial charge < -0.3 is 20.3 Å². The summed E-state index contributed by atoms with van der Waals surface area (Å²) in [7, 11) is 0. The van der Waals surface area contributed by atoms with Gasteiger partial charge in [0.2, 0.25) is 11.8 Å². The highest BCUT2D eigenvalue weighted by Gasteiger charge is 2.56. The molecule has 1 spiro atoms. The number of amides is 4. The number of hydrogen-bond donors (Lipinski definition) is 3. The first kappa shape index (κ1) is 32.2. The van der Waals surface area contributed by atoms with Gasteiger partial charge in [-0.3, -0.25) is 29.2 Å². The maximum atomic E-state index is 13.8. The molecule has 14 heteroatoms. The topological polar surface area (TPSA) is 143 Å². The Morgan fingerprint density at radius 3 is 2.35 bits per heavy atom. The Labute approximate surface area is 247 Å². The van der Waals surface area contributed by atoms with Crippen LogP contribution >= 0.6 is 0 Å². The fourth-order valence-electron chi connectivity index (χ4n) is 5.68. The molecule has 236 valence electrons. The number of carbonyl (C=O) groups excluding carboxylic acids is 5. The number of ether oxygens (including phenoxy) is 2. The highest BCUT2D eigenvalue weighted by molar-refractivity contribution is 5.98. The molecule has 2 saturated heterocycles. The van der Waals surface area contributed by atoms with Crippen molar-refractivity contribution < 1.29 is 46.6 Å². The standard InChI is InChI=1S/C29H37F3N4O7/c1-16(2)13-21(42-27(41)35-18-7-5-4-6-8-18)26(40)36-15-28(10-11-28)14-20(36)25(39)34-17(3)22(37)23(43-29(30,31)32)19-9-12-33-24(19)38/h4-8,16-17,19-21,23H,9-15H2,1-3H3,(H,33,38)(H,34,39)(H,35,41)/t17?,19-,20-,21+,23-/m0/s1. The van der Waals surface area contributed by atoms with Crippen molar-refractivity contribution in [1.29, 1.82) is 0 Å². The predicted octanol–water partition coefficient (Wildman–Crippen LogP) is 3.15. The minimum atomic E-state index is -5.18. The van der Waals surface area contributed by atoms with Crippen LogP contribution in [0.1, 0.15) is 52.9 Å². The molecule has 1 aromatic rings. The molecule has 1 saturated carbocycles. The van der Waals surface area contributed by atoms with Crippen molar-refractivity contribution in [3.05, 3.63) is 30.3 Å². The van der Waals surface area contributed by atoms with E-state index in [4.69, 9.17) is 4.74 Å². The van der Waals surface area contributed by atoms with Crippen LogP contribution in [0, 0.1) is 17.3 Å². The first-order valence-electron chi connectivity index (χ1n) is 14.4. The van der Waals surface area contributed by atoms with Gasteiger partial charge in [0, 0.05) is 18.8 Å². The molecule has 11 nitrogen and oxygen atoms in total. The molecule has 0 aromatic heterocycles. The van der Waals surface area contributed by atoms with Crippen LogP contribution in [-0.2, 0) is 28.7 Å². The molecule has 43 heavy (non-hydrogen) atoms. The van der Waals surface area contributed by atoms with Crippen LogP contribution in [0.4, 0.5) is 23.7 Å². The van der Waals surface area contributed by atoms with Gasteiger partial charge in [0.05, 0.1) is 12.0 Å². The van der Waals surface area contributed by atoms with E-state index in [1.807, 2.05) is 13.8 Å². The number of para-hydroxylation sites is 1. The number of nitrogens with one attached hydrogen (secondary N) is 3. The number of likely N-dealkylation sites (tertiary alicyclic amines) is 1. The molecule has 1 unspecified atom stereocenters. The van der Waals surface area contributed by atoms with Crippen molar-refractivity contribution in [2.75, 3.05) is 18.4 Å². The molecule has 1 aliphatic carbocycles. The molecule has 0 bridgehead atoms. The van der Waals surface area contributed by atoms with Crippen LogP contribution in [0.15, 0.2) is 30.3 Å². The average Bonchev–Trinajstić information content (AvgIpc) is 3.36. The van der Waals surface area contributed by atoms with Crippen LogP contribution in [0.5, 0.6) is 0 Å². The SMILES string of the molecule is CC(C)C[C@@H](OC(=O)Nc1ccccc1)C(=O)N1CC2(CC2)C[C@H]1C(=O)NC(C)C(=O)[C@@H](OC(F)(F)F)[C@@H]1CCNC1=O. The minimum absolute atomic E-state index is 0.0332. The predicted molar refractivity (Wildman–Crippen MR) is 146 cm³/mol. The number of Topliss-reactive ketones (excluding diaryl/α,β-unsaturated/α-hetero) is 1. The Morgan fingerprint density at radius 2 is 1.79 bits per heavy atom. The average molecular weight is 611 g/mol. The second kappa shape index (κ2) is 12.9. The molecule has 3 fully saturated rings. The number of anilines is 1. The van der Waals surface area contributed by atoms with E-state index in [9.17, 15) is 37.1 Å². The lowest BCUT2D eigenvalue weighted by atomic mass is 9.93. The zero-order chi connectivity index (χ0) is 31.5. The van der Waals surface area contributed by atoms with E-state index in [2.05, 4.69) is 20.7 Å². The van der Waals surface area contributed by atoms with Gasteiger partial charge >= 0.3 is 12.5 Å². The van der Waals surface area contributed by atoms with Crippen molar-refractivity contribution in [1.82, 2.24) is 15.5 Å². The molecule has 4 rings (SSSR count). The van der Waals surface area contributed by atoms with Crippen molar-refractivity contribution >= 4 is 35.3 Å². The van der Waals surface area contributed by atoms with E-state index >= 15 is 0 Å². The van der Waals surface area contributed by atoms with Crippen molar-refractivity contribution in [2.24, 2.45) is 17.3 Å². The molecular formula is C29H37F3N4O7. The molecule has 3 aliphatic rings. The van der Waals surface area contributed by atoms with Gasteiger partial charge in [-0.25, -0.2) is 4.79 Å². The summed E-state index contributed by atoms with van der Waals surface area (Å²) in [6.45, 7) is 5.26. The first-order chi connectivity index (χ1) is 20.2. The Bertz CT molecular complexity index is 1220. The van der Waals surface area contributed by atoms with Gasteiger partial charge in [0.1, 0.15) is 12.1 Å². The second-order valence-corrected chi connectivity index (χ2v) is 12.0. The van der Waals surface area contributed by atoms with Gasteiger partial charge in [-0.1, -0.05) is 32.0 Å². The van der Waals surface area contributed by atoms with E-state index in [1.165, 1.54) is 11.8 Å².